The Morgan fingerprint density at radius 2 is 2.17 bits per heavy atom. The van der Waals surface area contributed by atoms with Crippen LogP contribution in [0.4, 0.5) is 5.82 Å². The maximum atomic E-state index is 6.00. The molecule has 0 amide bonds. The highest BCUT2D eigenvalue weighted by atomic mass is 35.5. The molecule has 1 aliphatic carbocycles. The molecule has 1 aromatic rings. The molecule has 1 aromatic heterocycles. The molecule has 2 rings (SSSR count). The third kappa shape index (κ3) is 2.86. The van der Waals surface area contributed by atoms with E-state index in [1.807, 2.05) is 0 Å². The van der Waals surface area contributed by atoms with Crippen LogP contribution in [-0.4, -0.2) is 23.1 Å². The Bertz CT molecular complexity index is 400. The molecule has 0 saturated heterocycles. The summed E-state index contributed by atoms with van der Waals surface area (Å²) in [5.74, 6) is 1.96. The van der Waals surface area contributed by atoms with E-state index < -0.39 is 0 Å². The first-order chi connectivity index (χ1) is 8.76. The lowest BCUT2D eigenvalue weighted by Gasteiger charge is -2.32. The Morgan fingerprint density at radius 1 is 1.39 bits per heavy atom. The van der Waals surface area contributed by atoms with Crippen LogP contribution in [0.1, 0.15) is 39.0 Å². The zero-order valence-corrected chi connectivity index (χ0v) is 11.7. The van der Waals surface area contributed by atoms with Crippen molar-refractivity contribution < 1.29 is 4.74 Å². The fourth-order valence-electron chi connectivity index (χ4n) is 2.70. The van der Waals surface area contributed by atoms with Crippen molar-refractivity contribution in [3.63, 3.8) is 0 Å². The highest BCUT2D eigenvalue weighted by Gasteiger charge is 2.25. The molecule has 0 aromatic carbocycles. The minimum absolute atomic E-state index is 0.360. The average Bonchev–Trinajstić information content (AvgIpc) is 2.40. The number of ether oxygens (including phenoxy) is 1. The van der Waals surface area contributed by atoms with Gasteiger partial charge >= 0.3 is 0 Å². The van der Waals surface area contributed by atoms with Gasteiger partial charge in [0.15, 0.2) is 16.7 Å². The first kappa shape index (κ1) is 13.4. The number of methoxy groups -OCH3 is 1. The number of rotatable bonds is 4. The summed E-state index contributed by atoms with van der Waals surface area (Å²) in [6.07, 6.45) is 7.74. The largest absolute Gasteiger partial charge is 0.490 e. The summed E-state index contributed by atoms with van der Waals surface area (Å²) in [6.45, 7) is 2.24. The normalized spacial score (nSPS) is 23.7. The van der Waals surface area contributed by atoms with Crippen LogP contribution in [0.2, 0.25) is 5.15 Å². The summed E-state index contributed by atoms with van der Waals surface area (Å²) >= 11 is 6.00. The van der Waals surface area contributed by atoms with Gasteiger partial charge in [-0.05, 0) is 18.8 Å². The predicted octanol–water partition coefficient (Wildman–Crippen LogP) is 3.52. The van der Waals surface area contributed by atoms with E-state index in [9.17, 15) is 0 Å². The molecule has 1 N–H and O–H groups in total. The van der Waals surface area contributed by atoms with Crippen molar-refractivity contribution in [3.05, 3.63) is 11.5 Å². The number of hydrogen-bond donors (Lipinski definition) is 1. The topological polar surface area (TPSA) is 47.0 Å². The molecular formula is C13H20ClN3O. The minimum atomic E-state index is 0.360. The van der Waals surface area contributed by atoms with Crippen molar-refractivity contribution in [1.82, 2.24) is 9.97 Å². The third-order valence-corrected chi connectivity index (χ3v) is 3.99. The Morgan fingerprint density at radius 3 is 2.89 bits per heavy atom. The molecular weight excluding hydrogens is 250 g/mol. The summed E-state index contributed by atoms with van der Waals surface area (Å²) in [6, 6.07) is 0.462. The maximum absolute atomic E-state index is 6.00. The Balaban J connectivity index is 2.15. The van der Waals surface area contributed by atoms with Crippen LogP contribution < -0.4 is 10.1 Å². The molecule has 0 bridgehead atoms. The SMILES string of the molecule is CCC1CCCCC1Nc1ncnc(Cl)c1OC. The van der Waals surface area contributed by atoms with Crippen molar-refractivity contribution in [1.29, 1.82) is 0 Å². The van der Waals surface area contributed by atoms with Gasteiger partial charge in [-0.25, -0.2) is 9.97 Å². The van der Waals surface area contributed by atoms with Crippen molar-refractivity contribution in [2.24, 2.45) is 5.92 Å². The smallest absolute Gasteiger partial charge is 0.198 e. The molecule has 2 unspecified atom stereocenters. The Kier molecular flexibility index (Phi) is 4.64. The van der Waals surface area contributed by atoms with E-state index in [0.29, 0.717) is 28.7 Å². The van der Waals surface area contributed by atoms with Crippen molar-refractivity contribution >= 4 is 17.4 Å². The minimum Gasteiger partial charge on any atom is -0.490 e. The second kappa shape index (κ2) is 6.23. The fraction of sp³-hybridized carbons (Fsp3) is 0.692. The number of aromatic nitrogens is 2. The third-order valence-electron chi connectivity index (χ3n) is 3.72. The number of anilines is 1. The van der Waals surface area contributed by atoms with Crippen LogP contribution in [0.25, 0.3) is 0 Å². The molecule has 0 spiro atoms. The second-order valence-electron chi connectivity index (χ2n) is 4.75. The van der Waals surface area contributed by atoms with Crippen molar-refractivity contribution in [3.8, 4) is 5.75 Å². The lowest BCUT2D eigenvalue weighted by molar-refractivity contribution is 0.315. The highest BCUT2D eigenvalue weighted by molar-refractivity contribution is 6.31. The lowest BCUT2D eigenvalue weighted by Crippen LogP contribution is -2.32. The van der Waals surface area contributed by atoms with Crippen LogP contribution in [0.15, 0.2) is 6.33 Å². The lowest BCUT2D eigenvalue weighted by atomic mass is 9.83. The zero-order chi connectivity index (χ0) is 13.0. The van der Waals surface area contributed by atoms with E-state index in [2.05, 4.69) is 22.2 Å². The first-order valence-electron chi connectivity index (χ1n) is 6.57. The van der Waals surface area contributed by atoms with Crippen LogP contribution in [-0.2, 0) is 0 Å². The number of hydrogen-bond acceptors (Lipinski definition) is 4. The molecule has 0 aliphatic heterocycles. The molecule has 1 aliphatic rings. The van der Waals surface area contributed by atoms with Gasteiger partial charge in [-0.2, -0.15) is 0 Å². The molecule has 4 nitrogen and oxygen atoms in total. The van der Waals surface area contributed by atoms with E-state index in [1.165, 1.54) is 38.4 Å². The number of nitrogens with zero attached hydrogens (tertiary/aromatic N) is 2. The van der Waals surface area contributed by atoms with E-state index in [-0.39, 0.29) is 0 Å². The van der Waals surface area contributed by atoms with Gasteiger partial charge in [-0.15, -0.1) is 0 Å². The van der Waals surface area contributed by atoms with E-state index in [4.69, 9.17) is 16.3 Å². The maximum Gasteiger partial charge on any atom is 0.198 e. The second-order valence-corrected chi connectivity index (χ2v) is 5.11. The summed E-state index contributed by atoms with van der Waals surface area (Å²) in [4.78, 5) is 8.17. The first-order valence-corrected chi connectivity index (χ1v) is 6.95. The fourth-order valence-corrected chi connectivity index (χ4v) is 2.91. The van der Waals surface area contributed by atoms with Crippen molar-refractivity contribution in [2.45, 2.75) is 45.1 Å². The van der Waals surface area contributed by atoms with E-state index >= 15 is 0 Å². The summed E-state index contributed by atoms with van der Waals surface area (Å²) in [5, 5.41) is 3.84. The van der Waals surface area contributed by atoms with Crippen LogP contribution in [0.5, 0.6) is 5.75 Å². The van der Waals surface area contributed by atoms with Gasteiger partial charge in [0.1, 0.15) is 6.33 Å². The van der Waals surface area contributed by atoms with E-state index in [0.717, 1.165) is 0 Å². The summed E-state index contributed by atoms with van der Waals surface area (Å²) in [5.41, 5.74) is 0. The van der Waals surface area contributed by atoms with Gasteiger partial charge < -0.3 is 10.1 Å². The van der Waals surface area contributed by atoms with Crippen LogP contribution in [0.3, 0.4) is 0 Å². The van der Waals surface area contributed by atoms with Gasteiger partial charge in [0.05, 0.1) is 7.11 Å². The average molecular weight is 270 g/mol. The molecule has 2 atom stereocenters. The highest BCUT2D eigenvalue weighted by Crippen LogP contribution is 2.33. The monoisotopic (exact) mass is 269 g/mol. The van der Waals surface area contributed by atoms with Gasteiger partial charge in [-0.1, -0.05) is 37.8 Å². The summed E-state index contributed by atoms with van der Waals surface area (Å²) in [7, 11) is 1.59. The van der Waals surface area contributed by atoms with Crippen molar-refractivity contribution in [2.75, 3.05) is 12.4 Å². The summed E-state index contributed by atoms with van der Waals surface area (Å²) < 4.78 is 5.27. The predicted molar refractivity (Wildman–Crippen MR) is 73.3 cm³/mol. The van der Waals surface area contributed by atoms with Gasteiger partial charge in [0.25, 0.3) is 0 Å². The molecule has 1 fully saturated rings. The molecule has 5 heteroatoms. The standard InChI is InChI=1S/C13H20ClN3O/c1-3-9-6-4-5-7-10(9)17-13-11(18-2)12(14)15-8-16-13/h8-10H,3-7H2,1-2H3,(H,15,16,17). The quantitative estimate of drug-likeness (QED) is 0.850. The molecule has 1 saturated carbocycles. The molecule has 18 heavy (non-hydrogen) atoms. The van der Waals surface area contributed by atoms with Crippen LogP contribution >= 0.6 is 11.6 Å². The Hall–Kier alpha value is -1.03. The van der Waals surface area contributed by atoms with Gasteiger partial charge in [-0.3, -0.25) is 0 Å². The Labute approximate surface area is 113 Å². The van der Waals surface area contributed by atoms with E-state index in [1.54, 1.807) is 7.11 Å². The molecule has 1 heterocycles. The van der Waals surface area contributed by atoms with Gasteiger partial charge in [0.2, 0.25) is 0 Å². The number of halogens is 1. The molecule has 100 valence electrons. The zero-order valence-electron chi connectivity index (χ0n) is 10.9. The van der Waals surface area contributed by atoms with Gasteiger partial charge in [0, 0.05) is 6.04 Å². The number of nitrogens with one attached hydrogen (secondary N) is 1. The molecule has 0 radical (unpaired) electrons. The van der Waals surface area contributed by atoms with Crippen LogP contribution in [0, 0.1) is 5.92 Å².